The van der Waals surface area contributed by atoms with Crippen LogP contribution in [0.5, 0.6) is 0 Å². The molecule has 4 aromatic carbocycles. The molecule has 3 heteroatoms. The van der Waals surface area contributed by atoms with Crippen molar-refractivity contribution in [2.75, 3.05) is 4.90 Å². The second-order valence-corrected chi connectivity index (χ2v) is 6.68. The quantitative estimate of drug-likeness (QED) is 0.315. The number of rotatable bonds is 3. The summed E-state index contributed by atoms with van der Waals surface area (Å²) in [6.07, 6.45) is 3.36. The molecule has 6 aromatic rings. The molecule has 0 aliphatic rings. The number of hydrogen-bond acceptors (Lipinski definition) is 3. The molecule has 0 saturated carbocycles. The van der Waals surface area contributed by atoms with E-state index in [2.05, 4.69) is 54.6 Å². The average Bonchev–Trinajstić information content (AvgIpc) is 3.42. The minimum absolute atomic E-state index is 0.722. The third-order valence-electron chi connectivity index (χ3n) is 5.20. The predicted octanol–water partition coefficient (Wildman–Crippen LogP) is 7.24. The van der Waals surface area contributed by atoms with Gasteiger partial charge in [-0.15, -0.1) is 0 Å². The lowest BCUT2D eigenvalue weighted by Gasteiger charge is -2.22. The van der Waals surface area contributed by atoms with E-state index in [9.17, 15) is 0 Å². The Morgan fingerprint density at radius 2 is 1.11 bits per heavy atom. The van der Waals surface area contributed by atoms with E-state index >= 15 is 0 Å². The summed E-state index contributed by atoms with van der Waals surface area (Å²) in [6, 6.07) is 27.2. The fourth-order valence-electron chi connectivity index (χ4n) is 4.06. The van der Waals surface area contributed by atoms with Gasteiger partial charge in [0.25, 0.3) is 0 Å². The van der Waals surface area contributed by atoms with E-state index in [0.717, 1.165) is 17.5 Å². The molecule has 0 fully saturated rings. The zero-order chi connectivity index (χ0) is 17.8. The van der Waals surface area contributed by atoms with Gasteiger partial charge in [-0.3, -0.25) is 4.90 Å². The third kappa shape index (κ3) is 2.02. The SMILES string of the molecule is c1coc(N(c2ccco2)c2ccc3ccc4cccc5ccc2c3c45)c1. The highest BCUT2D eigenvalue weighted by Gasteiger charge is 2.21. The number of hydrogen-bond donors (Lipinski definition) is 0. The Labute approximate surface area is 155 Å². The number of anilines is 3. The van der Waals surface area contributed by atoms with E-state index in [4.69, 9.17) is 8.83 Å². The lowest BCUT2D eigenvalue weighted by Crippen LogP contribution is -2.08. The van der Waals surface area contributed by atoms with Gasteiger partial charge in [0.05, 0.1) is 18.2 Å². The molecular formula is C24H15NO2. The van der Waals surface area contributed by atoms with Crippen molar-refractivity contribution in [2.45, 2.75) is 0 Å². The van der Waals surface area contributed by atoms with Crippen LogP contribution in [0.3, 0.4) is 0 Å². The highest BCUT2D eigenvalue weighted by atomic mass is 16.4. The first-order chi connectivity index (χ1) is 13.4. The van der Waals surface area contributed by atoms with Gasteiger partial charge in [0.1, 0.15) is 0 Å². The zero-order valence-electron chi connectivity index (χ0n) is 14.4. The fourth-order valence-corrected chi connectivity index (χ4v) is 4.06. The summed E-state index contributed by atoms with van der Waals surface area (Å²) in [4.78, 5) is 2.02. The molecular weight excluding hydrogens is 334 g/mol. The Bertz CT molecular complexity index is 1310. The maximum absolute atomic E-state index is 5.73. The molecule has 3 nitrogen and oxygen atoms in total. The Kier molecular flexibility index (Phi) is 2.88. The maximum atomic E-state index is 5.73. The molecule has 0 atom stereocenters. The molecule has 0 aliphatic carbocycles. The van der Waals surface area contributed by atoms with Crippen LogP contribution < -0.4 is 4.90 Å². The van der Waals surface area contributed by atoms with Gasteiger partial charge in [0, 0.05) is 17.5 Å². The molecule has 2 aromatic heterocycles. The van der Waals surface area contributed by atoms with Crippen LogP contribution in [0.2, 0.25) is 0 Å². The molecule has 0 unspecified atom stereocenters. The molecule has 0 bridgehead atoms. The van der Waals surface area contributed by atoms with Gasteiger partial charge >= 0.3 is 0 Å². The highest BCUT2D eigenvalue weighted by Crippen LogP contribution is 2.43. The smallest absolute Gasteiger partial charge is 0.206 e. The van der Waals surface area contributed by atoms with Crippen LogP contribution in [0.4, 0.5) is 17.5 Å². The maximum Gasteiger partial charge on any atom is 0.206 e. The lowest BCUT2D eigenvalue weighted by atomic mass is 9.93. The van der Waals surface area contributed by atoms with Gasteiger partial charge in [-0.05, 0) is 45.1 Å². The van der Waals surface area contributed by atoms with Gasteiger partial charge in [-0.25, -0.2) is 0 Å². The van der Waals surface area contributed by atoms with Crippen molar-refractivity contribution >= 4 is 49.8 Å². The first-order valence-electron chi connectivity index (χ1n) is 8.94. The van der Waals surface area contributed by atoms with Crippen LogP contribution in [0, 0.1) is 0 Å². The second kappa shape index (κ2) is 5.39. The van der Waals surface area contributed by atoms with Gasteiger partial charge < -0.3 is 8.83 Å². The van der Waals surface area contributed by atoms with Gasteiger partial charge in [-0.1, -0.05) is 48.5 Å². The molecule has 0 radical (unpaired) electrons. The topological polar surface area (TPSA) is 29.5 Å². The number of furan rings is 2. The second-order valence-electron chi connectivity index (χ2n) is 6.68. The third-order valence-corrected chi connectivity index (χ3v) is 5.20. The summed E-state index contributed by atoms with van der Waals surface area (Å²) >= 11 is 0. The van der Waals surface area contributed by atoms with E-state index < -0.39 is 0 Å². The minimum Gasteiger partial charge on any atom is -0.448 e. The first-order valence-corrected chi connectivity index (χ1v) is 8.94. The van der Waals surface area contributed by atoms with Gasteiger partial charge in [0.15, 0.2) is 0 Å². The van der Waals surface area contributed by atoms with Crippen LogP contribution >= 0.6 is 0 Å². The van der Waals surface area contributed by atoms with Crippen molar-refractivity contribution in [3.63, 3.8) is 0 Å². The molecule has 6 rings (SSSR count). The summed E-state index contributed by atoms with van der Waals surface area (Å²) in [5.41, 5.74) is 1.03. The van der Waals surface area contributed by atoms with Crippen molar-refractivity contribution in [1.29, 1.82) is 0 Å². The van der Waals surface area contributed by atoms with Gasteiger partial charge in [-0.2, -0.15) is 0 Å². The van der Waals surface area contributed by atoms with Crippen molar-refractivity contribution in [3.05, 3.63) is 91.4 Å². The molecule has 2 heterocycles. The van der Waals surface area contributed by atoms with Crippen LogP contribution in [0.25, 0.3) is 32.3 Å². The Morgan fingerprint density at radius 3 is 1.74 bits per heavy atom. The normalized spacial score (nSPS) is 11.7. The first kappa shape index (κ1) is 14.4. The summed E-state index contributed by atoms with van der Waals surface area (Å²) < 4.78 is 11.5. The minimum atomic E-state index is 0.722. The molecule has 128 valence electrons. The largest absolute Gasteiger partial charge is 0.448 e. The van der Waals surface area contributed by atoms with Gasteiger partial charge in [0.2, 0.25) is 11.8 Å². The van der Waals surface area contributed by atoms with E-state index in [0.29, 0.717) is 0 Å². The monoisotopic (exact) mass is 349 g/mol. The van der Waals surface area contributed by atoms with Crippen molar-refractivity contribution < 1.29 is 8.83 Å². The summed E-state index contributed by atoms with van der Waals surface area (Å²) in [7, 11) is 0. The molecule has 0 aliphatic heterocycles. The van der Waals surface area contributed by atoms with E-state index in [-0.39, 0.29) is 0 Å². The molecule has 0 amide bonds. The molecule has 0 saturated heterocycles. The predicted molar refractivity (Wildman–Crippen MR) is 109 cm³/mol. The van der Waals surface area contributed by atoms with Crippen LogP contribution in [0.15, 0.2) is 100 Å². The molecule has 0 spiro atoms. The van der Waals surface area contributed by atoms with E-state index in [1.54, 1.807) is 12.5 Å². The molecule has 0 N–H and O–H groups in total. The lowest BCUT2D eigenvalue weighted by molar-refractivity contribution is 0.540. The number of benzene rings is 4. The van der Waals surface area contributed by atoms with Crippen molar-refractivity contribution in [3.8, 4) is 0 Å². The fraction of sp³-hybridized carbons (Fsp3) is 0. The summed E-state index contributed by atoms with van der Waals surface area (Å²) in [6.45, 7) is 0. The van der Waals surface area contributed by atoms with E-state index in [1.807, 2.05) is 29.2 Å². The standard InChI is InChI=1S/C24H15NO2/c1-4-16-8-9-18-11-13-20(19-12-10-17(5-1)23(16)24(18)19)25(21-6-2-14-26-21)22-7-3-15-27-22/h1-15H. The highest BCUT2D eigenvalue weighted by molar-refractivity contribution is 6.25. The van der Waals surface area contributed by atoms with Crippen LogP contribution in [0.1, 0.15) is 0 Å². The Hall–Kier alpha value is -3.72. The number of nitrogens with zero attached hydrogens (tertiary/aromatic N) is 1. The zero-order valence-corrected chi connectivity index (χ0v) is 14.4. The average molecular weight is 349 g/mol. The van der Waals surface area contributed by atoms with E-state index in [1.165, 1.54) is 32.3 Å². The van der Waals surface area contributed by atoms with Crippen LogP contribution in [-0.4, -0.2) is 0 Å². The van der Waals surface area contributed by atoms with Crippen LogP contribution in [-0.2, 0) is 0 Å². The Morgan fingerprint density at radius 1 is 0.519 bits per heavy atom. The van der Waals surface area contributed by atoms with Crippen molar-refractivity contribution in [2.24, 2.45) is 0 Å². The molecule has 27 heavy (non-hydrogen) atoms. The summed E-state index contributed by atoms with van der Waals surface area (Å²) in [5.74, 6) is 1.44. The summed E-state index contributed by atoms with van der Waals surface area (Å²) in [5, 5.41) is 7.48. The Balaban J connectivity index is 1.74. The van der Waals surface area contributed by atoms with Crippen molar-refractivity contribution in [1.82, 2.24) is 0 Å².